The summed E-state index contributed by atoms with van der Waals surface area (Å²) in [7, 11) is 0. The van der Waals surface area contributed by atoms with E-state index < -0.39 is 42.5 Å². The molecule has 0 aromatic carbocycles. The molecule has 12 heteroatoms. The molecule has 2 N–H and O–H groups in total. The molecule has 1 aliphatic heterocycles. The number of pyridine rings is 1. The topological polar surface area (TPSA) is 100 Å². The molecular weight excluding hydrogens is 434 g/mol. The van der Waals surface area contributed by atoms with Crippen LogP contribution in [0.2, 0.25) is 0 Å². The lowest BCUT2D eigenvalue weighted by Crippen LogP contribution is -2.53. The average Bonchev–Trinajstić information content (AvgIpc) is 3.06. The molecule has 1 aliphatic carbocycles. The van der Waals surface area contributed by atoms with E-state index in [1.54, 1.807) is 13.0 Å². The summed E-state index contributed by atoms with van der Waals surface area (Å²) >= 11 is 0. The van der Waals surface area contributed by atoms with Gasteiger partial charge in [0.2, 0.25) is 5.95 Å². The van der Waals surface area contributed by atoms with Gasteiger partial charge in [-0.25, -0.2) is 9.37 Å². The first kappa shape index (κ1) is 22.4. The number of rotatable bonds is 3. The minimum absolute atomic E-state index is 0.0118. The fraction of sp³-hybridized carbons (Fsp3) is 0.600. The molecular formula is C20H23F4N5O3. The number of hydrogen-bond donors (Lipinski definition) is 2. The lowest BCUT2D eigenvalue weighted by molar-refractivity contribution is -0.187. The molecule has 174 valence electrons. The van der Waals surface area contributed by atoms with Crippen LogP contribution in [0.25, 0.3) is 11.0 Å². The highest BCUT2D eigenvalue weighted by Crippen LogP contribution is 2.39. The van der Waals surface area contributed by atoms with Crippen LogP contribution in [0.15, 0.2) is 23.1 Å². The Kier molecular flexibility index (Phi) is 5.60. The molecule has 32 heavy (non-hydrogen) atoms. The molecule has 3 heterocycles. The predicted octanol–water partition coefficient (Wildman–Crippen LogP) is 2.18. The summed E-state index contributed by atoms with van der Waals surface area (Å²) in [5.74, 6) is -2.05. The van der Waals surface area contributed by atoms with Crippen LogP contribution >= 0.6 is 0 Å². The van der Waals surface area contributed by atoms with Crippen LogP contribution in [0.5, 0.6) is 0 Å². The molecule has 0 radical (unpaired) electrons. The number of aliphatic hydroxyl groups is 1. The molecule has 1 amide bonds. The molecule has 4 atom stereocenters. The van der Waals surface area contributed by atoms with Crippen molar-refractivity contribution in [1.29, 1.82) is 0 Å². The second-order valence-electron chi connectivity index (χ2n) is 8.58. The normalized spacial score (nSPS) is 28.8. The minimum Gasteiger partial charge on any atom is -0.388 e. The van der Waals surface area contributed by atoms with Crippen molar-refractivity contribution in [3.8, 4) is 0 Å². The third kappa shape index (κ3) is 4.15. The first-order valence-electron chi connectivity index (χ1n) is 10.3. The van der Waals surface area contributed by atoms with Gasteiger partial charge in [-0.05, 0) is 38.7 Å². The molecule has 2 aliphatic rings. The summed E-state index contributed by atoms with van der Waals surface area (Å²) in [6, 6.07) is 1.55. The van der Waals surface area contributed by atoms with E-state index in [0.717, 1.165) is 6.42 Å². The first-order valence-corrected chi connectivity index (χ1v) is 10.3. The second kappa shape index (κ2) is 7.98. The number of carbonyl (C=O) groups excluding carboxylic acids is 1. The van der Waals surface area contributed by atoms with Gasteiger partial charge in [-0.1, -0.05) is 0 Å². The Morgan fingerprint density at radius 3 is 2.69 bits per heavy atom. The van der Waals surface area contributed by atoms with Crippen LogP contribution < -0.4 is 10.9 Å². The van der Waals surface area contributed by atoms with E-state index in [-0.39, 0.29) is 30.1 Å². The number of alkyl halides is 4. The first-order chi connectivity index (χ1) is 15.0. The number of amides is 1. The van der Waals surface area contributed by atoms with Gasteiger partial charge in [-0.2, -0.15) is 18.2 Å². The maximum atomic E-state index is 14.6. The van der Waals surface area contributed by atoms with Crippen molar-refractivity contribution in [3.63, 3.8) is 0 Å². The molecule has 8 nitrogen and oxygen atoms in total. The summed E-state index contributed by atoms with van der Waals surface area (Å²) in [6.45, 7) is 0.707. The largest absolute Gasteiger partial charge is 0.471 e. The molecule has 1 saturated carbocycles. The summed E-state index contributed by atoms with van der Waals surface area (Å²) in [6.07, 6.45) is -3.54. The quantitative estimate of drug-likeness (QED) is 0.686. The number of anilines is 1. The number of aromatic nitrogens is 3. The van der Waals surface area contributed by atoms with Gasteiger partial charge in [0, 0.05) is 24.2 Å². The van der Waals surface area contributed by atoms with Gasteiger partial charge in [0.05, 0.1) is 24.2 Å². The van der Waals surface area contributed by atoms with Crippen molar-refractivity contribution in [3.05, 3.63) is 28.7 Å². The van der Waals surface area contributed by atoms with Crippen LogP contribution in [-0.2, 0) is 4.79 Å². The van der Waals surface area contributed by atoms with E-state index in [1.807, 2.05) is 0 Å². The highest BCUT2D eigenvalue weighted by Gasteiger charge is 2.45. The van der Waals surface area contributed by atoms with Crippen molar-refractivity contribution in [1.82, 2.24) is 19.4 Å². The summed E-state index contributed by atoms with van der Waals surface area (Å²) < 4.78 is 53.8. The van der Waals surface area contributed by atoms with Gasteiger partial charge in [0.25, 0.3) is 5.56 Å². The Bertz CT molecular complexity index is 1090. The number of piperidine rings is 1. The van der Waals surface area contributed by atoms with Crippen molar-refractivity contribution in [2.45, 2.75) is 62.6 Å². The monoisotopic (exact) mass is 457 g/mol. The van der Waals surface area contributed by atoms with Crippen LogP contribution in [-0.4, -0.2) is 67.5 Å². The SMILES string of the molecule is C[C@@]1(O)CCC[C@H]1n1c(=O)ccc2cnc(N[C@@H]3CCN(C(=O)C(F)(F)F)C[C@H]3F)nc21. The zero-order chi connectivity index (χ0) is 23.3. The third-order valence-corrected chi connectivity index (χ3v) is 6.24. The maximum absolute atomic E-state index is 14.6. The van der Waals surface area contributed by atoms with Crippen LogP contribution in [0, 0.1) is 0 Å². The Balaban J connectivity index is 1.58. The van der Waals surface area contributed by atoms with Crippen molar-refractivity contribution in [2.75, 3.05) is 18.4 Å². The Morgan fingerprint density at radius 1 is 1.31 bits per heavy atom. The van der Waals surface area contributed by atoms with E-state index in [1.165, 1.54) is 16.8 Å². The molecule has 0 unspecified atom stereocenters. The predicted molar refractivity (Wildman–Crippen MR) is 107 cm³/mol. The fourth-order valence-corrected chi connectivity index (χ4v) is 4.54. The Hall–Kier alpha value is -2.76. The molecule has 2 aromatic rings. The number of nitrogens with one attached hydrogen (secondary N) is 1. The van der Waals surface area contributed by atoms with E-state index >= 15 is 0 Å². The number of hydrogen-bond acceptors (Lipinski definition) is 6. The number of nitrogens with zero attached hydrogens (tertiary/aromatic N) is 4. The lowest BCUT2D eigenvalue weighted by atomic mass is 10.00. The Labute approximate surface area is 180 Å². The number of likely N-dealkylation sites (tertiary alicyclic amines) is 1. The molecule has 2 aromatic heterocycles. The van der Waals surface area contributed by atoms with E-state index in [2.05, 4.69) is 15.3 Å². The van der Waals surface area contributed by atoms with Gasteiger partial charge in [0.1, 0.15) is 11.8 Å². The van der Waals surface area contributed by atoms with Crippen LogP contribution in [0.1, 0.15) is 38.6 Å². The minimum atomic E-state index is -5.05. The maximum Gasteiger partial charge on any atom is 0.471 e. The van der Waals surface area contributed by atoms with Gasteiger partial charge >= 0.3 is 12.1 Å². The van der Waals surface area contributed by atoms with Crippen LogP contribution in [0.4, 0.5) is 23.5 Å². The van der Waals surface area contributed by atoms with Gasteiger partial charge < -0.3 is 15.3 Å². The average molecular weight is 457 g/mol. The molecule has 0 spiro atoms. The standard InChI is InChI=1S/C20H23F4N5O3/c1-19(32)7-2-3-14(19)29-15(30)5-4-11-9-25-18(27-16(11)29)26-13-6-8-28(10-12(13)21)17(31)20(22,23)24/h4-5,9,12-14,32H,2-3,6-8,10H2,1H3,(H,25,26,27)/t12-,13-,14-,19-/m1/s1. The number of carbonyl (C=O) groups is 1. The summed E-state index contributed by atoms with van der Waals surface area (Å²) in [5.41, 5.74) is -1.14. The lowest BCUT2D eigenvalue weighted by Gasteiger charge is -2.35. The van der Waals surface area contributed by atoms with Gasteiger partial charge in [-0.15, -0.1) is 0 Å². The highest BCUT2D eigenvalue weighted by atomic mass is 19.4. The number of fused-ring (bicyclic) bond motifs is 1. The van der Waals surface area contributed by atoms with E-state index in [4.69, 9.17) is 0 Å². The van der Waals surface area contributed by atoms with Crippen molar-refractivity contribution < 1.29 is 27.5 Å². The second-order valence-corrected chi connectivity index (χ2v) is 8.58. The number of halogens is 4. The van der Waals surface area contributed by atoms with Gasteiger partial charge in [0.15, 0.2) is 0 Å². The van der Waals surface area contributed by atoms with Crippen molar-refractivity contribution >= 4 is 22.9 Å². The fourth-order valence-electron chi connectivity index (χ4n) is 4.54. The molecule has 1 saturated heterocycles. The summed E-state index contributed by atoms with van der Waals surface area (Å²) in [5, 5.41) is 14.0. The Morgan fingerprint density at radius 2 is 2.06 bits per heavy atom. The van der Waals surface area contributed by atoms with Gasteiger partial charge in [-0.3, -0.25) is 14.2 Å². The summed E-state index contributed by atoms with van der Waals surface area (Å²) in [4.78, 5) is 32.9. The third-order valence-electron chi connectivity index (χ3n) is 6.24. The molecule has 4 rings (SSSR count). The van der Waals surface area contributed by atoms with Crippen LogP contribution in [0.3, 0.4) is 0 Å². The van der Waals surface area contributed by atoms with E-state index in [0.29, 0.717) is 23.1 Å². The van der Waals surface area contributed by atoms with E-state index in [9.17, 15) is 32.3 Å². The smallest absolute Gasteiger partial charge is 0.388 e. The highest BCUT2D eigenvalue weighted by molar-refractivity contribution is 5.82. The van der Waals surface area contributed by atoms with Crippen molar-refractivity contribution in [2.24, 2.45) is 0 Å². The molecule has 0 bridgehead atoms. The zero-order valence-corrected chi connectivity index (χ0v) is 17.3. The zero-order valence-electron chi connectivity index (χ0n) is 17.3. The molecule has 2 fully saturated rings.